The van der Waals surface area contributed by atoms with Crippen molar-refractivity contribution < 1.29 is 18.3 Å². The van der Waals surface area contributed by atoms with Gasteiger partial charge in [-0.05, 0) is 44.0 Å². The van der Waals surface area contributed by atoms with Gasteiger partial charge in [0.05, 0.1) is 11.5 Å². The maximum Gasteiger partial charge on any atom is 0.157 e. The molecular formula is C19H24O4S. The number of rotatable bonds is 7. The standard InChI is InChI=1S/C19H24O4S/c1-14-5-4-6-19(10-14)23-11-18(20)13-24(21,22)12-17-8-15(2)7-16(3)9-17/h4-10,18,20H,11-13H2,1-3H3. The number of aryl methyl sites for hydroxylation is 3. The Labute approximate surface area is 144 Å². The Morgan fingerprint density at radius 2 is 1.67 bits per heavy atom. The second kappa shape index (κ2) is 7.81. The van der Waals surface area contributed by atoms with Gasteiger partial charge in [0, 0.05) is 0 Å². The van der Waals surface area contributed by atoms with E-state index in [2.05, 4.69) is 0 Å². The van der Waals surface area contributed by atoms with Gasteiger partial charge < -0.3 is 9.84 Å². The van der Waals surface area contributed by atoms with Crippen LogP contribution in [0, 0.1) is 20.8 Å². The van der Waals surface area contributed by atoms with E-state index in [0.29, 0.717) is 5.75 Å². The molecule has 0 aliphatic heterocycles. The Morgan fingerprint density at radius 3 is 2.29 bits per heavy atom. The molecule has 0 radical (unpaired) electrons. The van der Waals surface area contributed by atoms with Crippen LogP contribution in [-0.2, 0) is 15.6 Å². The largest absolute Gasteiger partial charge is 0.491 e. The molecule has 0 saturated heterocycles. The van der Waals surface area contributed by atoms with Crippen molar-refractivity contribution >= 4 is 9.84 Å². The van der Waals surface area contributed by atoms with E-state index in [-0.39, 0.29) is 18.1 Å². The van der Waals surface area contributed by atoms with Crippen LogP contribution in [-0.4, -0.2) is 32.0 Å². The monoisotopic (exact) mass is 348 g/mol. The number of hydrogen-bond acceptors (Lipinski definition) is 4. The zero-order valence-corrected chi connectivity index (χ0v) is 15.1. The van der Waals surface area contributed by atoms with Crippen LogP contribution in [0.25, 0.3) is 0 Å². The number of ether oxygens (including phenoxy) is 1. The first-order chi connectivity index (χ1) is 11.2. The second-order valence-electron chi connectivity index (χ2n) is 6.33. The molecule has 1 unspecified atom stereocenters. The lowest BCUT2D eigenvalue weighted by Gasteiger charge is -2.13. The Bertz CT molecular complexity index is 777. The molecule has 0 fully saturated rings. The first-order valence-electron chi connectivity index (χ1n) is 7.89. The van der Waals surface area contributed by atoms with Crippen molar-refractivity contribution in [2.75, 3.05) is 12.4 Å². The lowest BCUT2D eigenvalue weighted by Crippen LogP contribution is -2.27. The summed E-state index contributed by atoms with van der Waals surface area (Å²) in [5, 5.41) is 10.00. The Kier molecular flexibility index (Phi) is 6.02. The van der Waals surface area contributed by atoms with Crippen molar-refractivity contribution in [1.82, 2.24) is 0 Å². The van der Waals surface area contributed by atoms with Crippen LogP contribution in [0.1, 0.15) is 22.3 Å². The summed E-state index contributed by atoms with van der Waals surface area (Å²) in [5.74, 6) is 0.240. The molecular weight excluding hydrogens is 324 g/mol. The van der Waals surface area contributed by atoms with E-state index >= 15 is 0 Å². The predicted molar refractivity (Wildman–Crippen MR) is 96.1 cm³/mol. The highest BCUT2D eigenvalue weighted by molar-refractivity contribution is 7.90. The van der Waals surface area contributed by atoms with Gasteiger partial charge in [-0.1, -0.05) is 41.5 Å². The maximum atomic E-state index is 12.3. The van der Waals surface area contributed by atoms with Crippen molar-refractivity contribution in [3.05, 3.63) is 64.7 Å². The van der Waals surface area contributed by atoms with Gasteiger partial charge in [0.25, 0.3) is 0 Å². The highest BCUT2D eigenvalue weighted by Crippen LogP contribution is 2.15. The van der Waals surface area contributed by atoms with Gasteiger partial charge in [-0.3, -0.25) is 0 Å². The zero-order chi connectivity index (χ0) is 17.7. The van der Waals surface area contributed by atoms with Crippen molar-refractivity contribution in [1.29, 1.82) is 0 Å². The van der Waals surface area contributed by atoms with Gasteiger partial charge in [0.1, 0.15) is 18.5 Å². The molecule has 130 valence electrons. The van der Waals surface area contributed by atoms with Crippen molar-refractivity contribution in [3.8, 4) is 5.75 Å². The topological polar surface area (TPSA) is 63.6 Å². The second-order valence-corrected chi connectivity index (χ2v) is 8.44. The average molecular weight is 348 g/mol. The first-order valence-corrected chi connectivity index (χ1v) is 9.71. The molecule has 0 spiro atoms. The van der Waals surface area contributed by atoms with Crippen molar-refractivity contribution in [2.24, 2.45) is 0 Å². The number of hydrogen-bond donors (Lipinski definition) is 1. The van der Waals surface area contributed by atoms with Gasteiger partial charge in [0.2, 0.25) is 0 Å². The Hall–Kier alpha value is -1.85. The van der Waals surface area contributed by atoms with Crippen LogP contribution in [0.4, 0.5) is 0 Å². The molecule has 5 heteroatoms. The van der Waals surface area contributed by atoms with Gasteiger partial charge in [-0.15, -0.1) is 0 Å². The number of aliphatic hydroxyl groups excluding tert-OH is 1. The van der Waals surface area contributed by atoms with E-state index in [1.54, 1.807) is 6.07 Å². The van der Waals surface area contributed by atoms with Crippen molar-refractivity contribution in [3.63, 3.8) is 0 Å². The fourth-order valence-corrected chi connectivity index (χ4v) is 4.18. The number of sulfone groups is 1. The highest BCUT2D eigenvalue weighted by atomic mass is 32.2. The van der Waals surface area contributed by atoms with E-state index in [1.165, 1.54) is 0 Å². The lowest BCUT2D eigenvalue weighted by atomic mass is 10.1. The summed E-state index contributed by atoms with van der Waals surface area (Å²) in [7, 11) is -3.41. The molecule has 0 aliphatic carbocycles. The van der Waals surface area contributed by atoms with Gasteiger partial charge in [-0.25, -0.2) is 8.42 Å². The van der Waals surface area contributed by atoms with Gasteiger partial charge in [0.15, 0.2) is 9.84 Å². The molecule has 2 aromatic rings. The minimum absolute atomic E-state index is 0.0461. The molecule has 0 aromatic heterocycles. The summed E-state index contributed by atoms with van der Waals surface area (Å²) in [6.45, 7) is 5.77. The van der Waals surface area contributed by atoms with Gasteiger partial charge >= 0.3 is 0 Å². The molecule has 0 aliphatic rings. The normalized spacial score (nSPS) is 12.8. The molecule has 1 atom stereocenters. The average Bonchev–Trinajstić information content (AvgIpc) is 2.43. The van der Waals surface area contributed by atoms with E-state index < -0.39 is 15.9 Å². The molecule has 4 nitrogen and oxygen atoms in total. The molecule has 0 bridgehead atoms. The minimum Gasteiger partial charge on any atom is -0.491 e. The molecule has 1 N–H and O–H groups in total. The molecule has 2 aromatic carbocycles. The maximum absolute atomic E-state index is 12.3. The fourth-order valence-electron chi connectivity index (χ4n) is 2.70. The van der Waals surface area contributed by atoms with E-state index in [0.717, 1.165) is 22.3 Å². The van der Waals surface area contributed by atoms with Gasteiger partial charge in [-0.2, -0.15) is 0 Å². The number of aliphatic hydroxyl groups is 1. The quantitative estimate of drug-likeness (QED) is 0.835. The highest BCUT2D eigenvalue weighted by Gasteiger charge is 2.19. The van der Waals surface area contributed by atoms with Crippen LogP contribution < -0.4 is 4.74 Å². The van der Waals surface area contributed by atoms with E-state index in [9.17, 15) is 13.5 Å². The Balaban J connectivity index is 1.93. The van der Waals surface area contributed by atoms with Crippen LogP contribution in [0.5, 0.6) is 5.75 Å². The summed E-state index contributed by atoms with van der Waals surface area (Å²) in [6, 6.07) is 13.1. The third-order valence-corrected chi connectivity index (χ3v) is 5.21. The third kappa shape index (κ3) is 5.98. The summed E-state index contributed by atoms with van der Waals surface area (Å²) < 4.78 is 30.0. The lowest BCUT2D eigenvalue weighted by molar-refractivity contribution is 0.125. The first kappa shape index (κ1) is 18.5. The zero-order valence-electron chi connectivity index (χ0n) is 14.3. The van der Waals surface area contributed by atoms with E-state index in [1.807, 2.05) is 57.2 Å². The molecule has 2 rings (SSSR count). The molecule has 0 saturated carbocycles. The summed E-state index contributed by atoms with van der Waals surface area (Å²) in [4.78, 5) is 0. The number of benzene rings is 2. The molecule has 0 heterocycles. The van der Waals surface area contributed by atoms with E-state index in [4.69, 9.17) is 4.74 Å². The fraction of sp³-hybridized carbons (Fsp3) is 0.368. The summed E-state index contributed by atoms with van der Waals surface area (Å²) >= 11 is 0. The SMILES string of the molecule is Cc1cc(C)cc(CS(=O)(=O)CC(O)COc2cccc(C)c2)c1. The van der Waals surface area contributed by atoms with Crippen LogP contribution >= 0.6 is 0 Å². The van der Waals surface area contributed by atoms with Crippen LogP contribution in [0.3, 0.4) is 0 Å². The smallest absolute Gasteiger partial charge is 0.157 e. The van der Waals surface area contributed by atoms with Crippen LogP contribution in [0.2, 0.25) is 0 Å². The molecule has 24 heavy (non-hydrogen) atoms. The van der Waals surface area contributed by atoms with Crippen LogP contribution in [0.15, 0.2) is 42.5 Å². The Morgan fingerprint density at radius 1 is 1.00 bits per heavy atom. The molecule has 0 amide bonds. The predicted octanol–water partition coefficient (Wildman–Crippen LogP) is 2.97. The summed E-state index contributed by atoms with van der Waals surface area (Å²) in [6.07, 6.45) is -1.05. The third-order valence-electron chi connectivity index (χ3n) is 3.55. The van der Waals surface area contributed by atoms with Crippen molar-refractivity contribution in [2.45, 2.75) is 32.6 Å². The summed E-state index contributed by atoms with van der Waals surface area (Å²) in [5.41, 5.74) is 3.86. The minimum atomic E-state index is -3.41.